The SMILES string of the molecule is CCNCc1ccc(-c2ccccc2OC)n(C2CC2)c1=O. The normalized spacial score (nSPS) is 14.1. The molecule has 1 aliphatic carbocycles. The highest BCUT2D eigenvalue weighted by molar-refractivity contribution is 5.68. The molecular weight excluding hydrogens is 276 g/mol. The molecule has 1 fully saturated rings. The van der Waals surface area contributed by atoms with E-state index >= 15 is 0 Å². The molecule has 0 bridgehead atoms. The Morgan fingerprint density at radius 2 is 2.00 bits per heavy atom. The molecule has 1 aromatic heterocycles. The summed E-state index contributed by atoms with van der Waals surface area (Å²) in [6.45, 7) is 3.52. The Morgan fingerprint density at radius 1 is 1.23 bits per heavy atom. The maximum Gasteiger partial charge on any atom is 0.255 e. The average molecular weight is 298 g/mol. The molecule has 0 amide bonds. The van der Waals surface area contributed by atoms with Crippen molar-refractivity contribution in [3.63, 3.8) is 0 Å². The molecule has 4 heteroatoms. The lowest BCUT2D eigenvalue weighted by Crippen LogP contribution is -2.27. The van der Waals surface area contributed by atoms with Crippen LogP contribution in [0.3, 0.4) is 0 Å². The Hall–Kier alpha value is -2.07. The number of nitrogens with one attached hydrogen (secondary N) is 1. The third-order valence-electron chi connectivity index (χ3n) is 4.06. The molecule has 3 rings (SSSR count). The van der Waals surface area contributed by atoms with Gasteiger partial charge in [-0.05, 0) is 37.6 Å². The van der Waals surface area contributed by atoms with Crippen LogP contribution in [0.25, 0.3) is 11.3 Å². The van der Waals surface area contributed by atoms with Crippen molar-refractivity contribution >= 4 is 0 Å². The Balaban J connectivity index is 2.12. The largest absolute Gasteiger partial charge is 0.496 e. The molecule has 116 valence electrons. The van der Waals surface area contributed by atoms with Crippen LogP contribution in [0.4, 0.5) is 0 Å². The summed E-state index contributed by atoms with van der Waals surface area (Å²) in [6.07, 6.45) is 2.15. The molecule has 2 aromatic rings. The molecule has 4 nitrogen and oxygen atoms in total. The van der Waals surface area contributed by atoms with Gasteiger partial charge in [0.2, 0.25) is 0 Å². The summed E-state index contributed by atoms with van der Waals surface area (Å²) in [5.74, 6) is 0.802. The Morgan fingerprint density at radius 3 is 2.68 bits per heavy atom. The second-order valence-corrected chi connectivity index (χ2v) is 5.63. The topological polar surface area (TPSA) is 43.3 Å². The molecule has 1 saturated carbocycles. The van der Waals surface area contributed by atoms with E-state index in [2.05, 4.69) is 5.32 Å². The molecule has 0 spiro atoms. The Kier molecular flexibility index (Phi) is 4.29. The van der Waals surface area contributed by atoms with Gasteiger partial charge in [-0.3, -0.25) is 4.79 Å². The van der Waals surface area contributed by atoms with Gasteiger partial charge in [-0.2, -0.15) is 0 Å². The van der Waals surface area contributed by atoms with Crippen LogP contribution in [0.2, 0.25) is 0 Å². The van der Waals surface area contributed by atoms with E-state index in [1.807, 2.05) is 47.9 Å². The lowest BCUT2D eigenvalue weighted by Gasteiger charge is -2.16. The number of nitrogens with zero attached hydrogens (tertiary/aromatic N) is 1. The summed E-state index contributed by atoms with van der Waals surface area (Å²) in [4.78, 5) is 12.8. The number of benzene rings is 1. The van der Waals surface area contributed by atoms with Gasteiger partial charge in [-0.25, -0.2) is 0 Å². The molecule has 0 unspecified atom stereocenters. The van der Waals surface area contributed by atoms with Gasteiger partial charge < -0.3 is 14.6 Å². The van der Waals surface area contributed by atoms with Gasteiger partial charge in [0.15, 0.2) is 0 Å². The maximum absolute atomic E-state index is 12.8. The van der Waals surface area contributed by atoms with Gasteiger partial charge in [-0.1, -0.05) is 25.1 Å². The van der Waals surface area contributed by atoms with Crippen LogP contribution in [-0.2, 0) is 6.54 Å². The Bertz CT molecular complexity index is 717. The first-order valence-corrected chi connectivity index (χ1v) is 7.84. The summed E-state index contributed by atoms with van der Waals surface area (Å²) in [7, 11) is 1.66. The molecule has 0 atom stereocenters. The van der Waals surface area contributed by atoms with E-state index in [4.69, 9.17) is 4.74 Å². The van der Waals surface area contributed by atoms with Crippen LogP contribution in [-0.4, -0.2) is 18.2 Å². The van der Waals surface area contributed by atoms with E-state index in [9.17, 15) is 4.79 Å². The highest BCUT2D eigenvalue weighted by atomic mass is 16.5. The van der Waals surface area contributed by atoms with E-state index in [0.29, 0.717) is 12.6 Å². The zero-order valence-corrected chi connectivity index (χ0v) is 13.1. The summed E-state index contributed by atoms with van der Waals surface area (Å²) < 4.78 is 7.41. The number of ether oxygens (including phenoxy) is 1. The zero-order valence-electron chi connectivity index (χ0n) is 13.1. The van der Waals surface area contributed by atoms with E-state index < -0.39 is 0 Å². The first kappa shape index (κ1) is 14.9. The minimum absolute atomic E-state index is 0.117. The number of aromatic nitrogens is 1. The van der Waals surface area contributed by atoms with Crippen molar-refractivity contribution in [2.24, 2.45) is 0 Å². The van der Waals surface area contributed by atoms with E-state index in [0.717, 1.165) is 42.0 Å². The van der Waals surface area contributed by atoms with Gasteiger partial charge in [0.05, 0.1) is 12.8 Å². The number of para-hydroxylation sites is 1. The fourth-order valence-electron chi connectivity index (χ4n) is 2.76. The number of pyridine rings is 1. The molecular formula is C18H22N2O2. The Labute approximate surface area is 130 Å². The molecule has 0 radical (unpaired) electrons. The van der Waals surface area contributed by atoms with Crippen LogP contribution in [0.15, 0.2) is 41.2 Å². The van der Waals surface area contributed by atoms with Crippen molar-refractivity contribution in [2.45, 2.75) is 32.4 Å². The first-order valence-electron chi connectivity index (χ1n) is 7.84. The summed E-state index contributed by atoms with van der Waals surface area (Å²) in [5.41, 5.74) is 2.87. The third kappa shape index (κ3) is 2.79. The molecule has 1 aliphatic rings. The maximum atomic E-state index is 12.8. The van der Waals surface area contributed by atoms with E-state index in [1.165, 1.54) is 0 Å². The van der Waals surface area contributed by atoms with Crippen molar-refractivity contribution in [3.8, 4) is 17.0 Å². The summed E-state index contributed by atoms with van der Waals surface area (Å²) in [5, 5.41) is 3.24. The predicted octanol–water partition coefficient (Wildman–Crippen LogP) is 2.97. The summed E-state index contributed by atoms with van der Waals surface area (Å²) >= 11 is 0. The predicted molar refractivity (Wildman–Crippen MR) is 88.3 cm³/mol. The van der Waals surface area contributed by atoms with Gasteiger partial charge >= 0.3 is 0 Å². The lowest BCUT2D eigenvalue weighted by molar-refractivity contribution is 0.416. The fraction of sp³-hybridized carbons (Fsp3) is 0.389. The molecule has 1 aromatic carbocycles. The van der Waals surface area contributed by atoms with Gasteiger partial charge in [-0.15, -0.1) is 0 Å². The highest BCUT2D eigenvalue weighted by Gasteiger charge is 2.28. The average Bonchev–Trinajstić information content (AvgIpc) is 3.38. The number of hydrogen-bond acceptors (Lipinski definition) is 3. The highest BCUT2D eigenvalue weighted by Crippen LogP contribution is 2.39. The van der Waals surface area contributed by atoms with Crippen molar-refractivity contribution < 1.29 is 4.74 Å². The quantitative estimate of drug-likeness (QED) is 0.891. The smallest absolute Gasteiger partial charge is 0.255 e. The number of hydrogen-bond donors (Lipinski definition) is 1. The van der Waals surface area contributed by atoms with Crippen LogP contribution >= 0.6 is 0 Å². The van der Waals surface area contributed by atoms with E-state index in [1.54, 1.807) is 7.11 Å². The second kappa shape index (κ2) is 6.36. The second-order valence-electron chi connectivity index (χ2n) is 5.63. The van der Waals surface area contributed by atoms with Crippen LogP contribution in [0, 0.1) is 0 Å². The van der Waals surface area contributed by atoms with Crippen molar-refractivity contribution in [2.75, 3.05) is 13.7 Å². The molecule has 22 heavy (non-hydrogen) atoms. The lowest BCUT2D eigenvalue weighted by atomic mass is 10.1. The van der Waals surface area contributed by atoms with Gasteiger partial charge in [0.1, 0.15) is 5.75 Å². The van der Waals surface area contributed by atoms with Crippen LogP contribution in [0.1, 0.15) is 31.4 Å². The molecule has 1 heterocycles. The van der Waals surface area contributed by atoms with Crippen LogP contribution < -0.4 is 15.6 Å². The molecule has 0 saturated heterocycles. The number of methoxy groups -OCH3 is 1. The van der Waals surface area contributed by atoms with Gasteiger partial charge in [0.25, 0.3) is 5.56 Å². The standard InChI is InChI=1S/C18H22N2O2/c1-3-19-12-13-8-11-16(20(18(13)21)14-9-10-14)15-6-4-5-7-17(15)22-2/h4-8,11,14,19H,3,9-10,12H2,1-2H3. The minimum Gasteiger partial charge on any atom is -0.496 e. The third-order valence-corrected chi connectivity index (χ3v) is 4.06. The van der Waals surface area contributed by atoms with Crippen molar-refractivity contribution in [1.82, 2.24) is 9.88 Å². The van der Waals surface area contributed by atoms with Crippen molar-refractivity contribution in [1.29, 1.82) is 0 Å². The number of rotatable bonds is 6. The van der Waals surface area contributed by atoms with Crippen molar-refractivity contribution in [3.05, 3.63) is 52.3 Å². The van der Waals surface area contributed by atoms with Crippen LogP contribution in [0.5, 0.6) is 5.75 Å². The monoisotopic (exact) mass is 298 g/mol. The van der Waals surface area contributed by atoms with E-state index in [-0.39, 0.29) is 5.56 Å². The molecule has 0 aliphatic heterocycles. The first-order chi connectivity index (χ1) is 10.8. The summed E-state index contributed by atoms with van der Waals surface area (Å²) in [6, 6.07) is 12.2. The molecule has 1 N–H and O–H groups in total. The minimum atomic E-state index is 0.117. The van der Waals surface area contributed by atoms with Gasteiger partial charge in [0, 0.05) is 23.7 Å². The zero-order chi connectivity index (χ0) is 15.5. The fourth-order valence-corrected chi connectivity index (χ4v) is 2.76.